The van der Waals surface area contributed by atoms with Crippen molar-refractivity contribution in [3.63, 3.8) is 0 Å². The zero-order valence-electron chi connectivity index (χ0n) is 18.8. The fourth-order valence-corrected chi connectivity index (χ4v) is 5.11. The number of halogens is 3. The Morgan fingerprint density at radius 1 is 1.03 bits per heavy atom. The number of carbonyl (C=O) groups excluding carboxylic acids is 2. The predicted octanol–water partition coefficient (Wildman–Crippen LogP) is 7.89. The lowest BCUT2D eigenvalue weighted by atomic mass is 10.1. The van der Waals surface area contributed by atoms with Crippen molar-refractivity contribution >= 4 is 68.1 Å². The molecule has 0 aliphatic carbocycles. The molecule has 1 heterocycles. The largest absolute Gasteiger partial charge is 0.493 e. The van der Waals surface area contributed by atoms with Crippen molar-refractivity contribution in [1.82, 2.24) is 4.90 Å². The molecule has 35 heavy (non-hydrogen) atoms. The van der Waals surface area contributed by atoms with Crippen LogP contribution in [0.25, 0.3) is 6.08 Å². The van der Waals surface area contributed by atoms with E-state index in [1.807, 2.05) is 31.2 Å². The SMILES string of the molecule is COc1cc(/C=C2\SC(=O)N(Cc3ccc(C)cc3)C2=O)c(Br)cc1OCc1ccc(Cl)cc1Cl. The average molecular weight is 593 g/mol. The second-order valence-electron chi connectivity index (χ2n) is 7.80. The van der Waals surface area contributed by atoms with Crippen molar-refractivity contribution in [2.75, 3.05) is 7.11 Å². The van der Waals surface area contributed by atoms with Crippen LogP contribution in [0.1, 0.15) is 22.3 Å². The second kappa shape index (κ2) is 11.1. The minimum absolute atomic E-state index is 0.218. The Bertz CT molecular complexity index is 1330. The molecule has 2 amide bonds. The molecule has 0 atom stereocenters. The maximum absolute atomic E-state index is 13.0. The van der Waals surface area contributed by atoms with Crippen molar-refractivity contribution in [2.24, 2.45) is 0 Å². The molecule has 3 aromatic rings. The number of methoxy groups -OCH3 is 1. The quantitative estimate of drug-likeness (QED) is 0.261. The first kappa shape index (κ1) is 25.6. The maximum atomic E-state index is 13.0. The fraction of sp³-hybridized carbons (Fsp3) is 0.154. The summed E-state index contributed by atoms with van der Waals surface area (Å²) >= 11 is 16.6. The van der Waals surface area contributed by atoms with Gasteiger partial charge in [0.2, 0.25) is 0 Å². The molecule has 0 radical (unpaired) electrons. The van der Waals surface area contributed by atoms with Gasteiger partial charge in [-0.1, -0.05) is 75.0 Å². The number of amides is 2. The lowest BCUT2D eigenvalue weighted by Crippen LogP contribution is -2.27. The van der Waals surface area contributed by atoms with E-state index >= 15 is 0 Å². The van der Waals surface area contributed by atoms with Crippen LogP contribution in [0.2, 0.25) is 10.0 Å². The number of nitrogens with zero attached hydrogens (tertiary/aromatic N) is 1. The number of hydrogen-bond acceptors (Lipinski definition) is 5. The number of rotatable bonds is 7. The molecule has 1 saturated heterocycles. The highest BCUT2D eigenvalue weighted by molar-refractivity contribution is 9.10. The molecule has 1 aliphatic heterocycles. The number of thioether (sulfide) groups is 1. The van der Waals surface area contributed by atoms with Crippen LogP contribution in [0, 0.1) is 6.92 Å². The third kappa shape index (κ3) is 6.04. The Hall–Kier alpha value is -2.45. The van der Waals surface area contributed by atoms with Gasteiger partial charge < -0.3 is 9.47 Å². The van der Waals surface area contributed by atoms with E-state index in [0.717, 1.165) is 28.5 Å². The molecule has 0 saturated carbocycles. The highest BCUT2D eigenvalue weighted by Crippen LogP contribution is 2.39. The number of aryl methyl sites for hydroxylation is 1. The van der Waals surface area contributed by atoms with Crippen LogP contribution in [0.3, 0.4) is 0 Å². The van der Waals surface area contributed by atoms with Crippen molar-refractivity contribution in [3.8, 4) is 11.5 Å². The molecule has 4 rings (SSSR count). The summed E-state index contributed by atoms with van der Waals surface area (Å²) in [5.41, 5.74) is 3.47. The molecule has 1 aliphatic rings. The van der Waals surface area contributed by atoms with Crippen LogP contribution < -0.4 is 9.47 Å². The van der Waals surface area contributed by atoms with Crippen molar-refractivity contribution in [2.45, 2.75) is 20.1 Å². The molecule has 5 nitrogen and oxygen atoms in total. The van der Waals surface area contributed by atoms with Crippen LogP contribution in [-0.2, 0) is 17.9 Å². The first-order chi connectivity index (χ1) is 16.7. The molecular formula is C26H20BrCl2NO4S. The molecule has 0 spiro atoms. The van der Waals surface area contributed by atoms with Gasteiger partial charge in [0.25, 0.3) is 11.1 Å². The predicted molar refractivity (Wildman–Crippen MR) is 144 cm³/mol. The maximum Gasteiger partial charge on any atom is 0.293 e. The van der Waals surface area contributed by atoms with Gasteiger partial charge in [-0.05, 0) is 60.2 Å². The van der Waals surface area contributed by atoms with Crippen LogP contribution in [0.15, 0.2) is 64.0 Å². The molecule has 0 unspecified atom stereocenters. The third-order valence-corrected chi connectivity index (χ3v) is 7.48. The average Bonchev–Trinajstić information content (AvgIpc) is 3.08. The van der Waals surface area contributed by atoms with E-state index in [9.17, 15) is 9.59 Å². The number of benzene rings is 3. The van der Waals surface area contributed by atoms with Gasteiger partial charge in [-0.2, -0.15) is 0 Å². The van der Waals surface area contributed by atoms with E-state index in [2.05, 4.69) is 15.9 Å². The Morgan fingerprint density at radius 3 is 2.46 bits per heavy atom. The van der Waals surface area contributed by atoms with E-state index in [1.54, 1.807) is 36.4 Å². The Morgan fingerprint density at radius 2 is 1.77 bits per heavy atom. The first-order valence-corrected chi connectivity index (χ1v) is 12.9. The van der Waals surface area contributed by atoms with Crippen molar-refractivity contribution in [1.29, 1.82) is 0 Å². The zero-order chi connectivity index (χ0) is 25.1. The van der Waals surface area contributed by atoms with Crippen LogP contribution in [0.4, 0.5) is 4.79 Å². The number of imide groups is 1. The fourth-order valence-electron chi connectivity index (χ4n) is 3.38. The van der Waals surface area contributed by atoms with E-state index in [-0.39, 0.29) is 24.3 Å². The molecule has 0 N–H and O–H groups in total. The summed E-state index contributed by atoms with van der Waals surface area (Å²) in [6.07, 6.45) is 1.67. The summed E-state index contributed by atoms with van der Waals surface area (Å²) in [6, 6.07) is 16.4. The number of hydrogen-bond donors (Lipinski definition) is 0. The summed E-state index contributed by atoms with van der Waals surface area (Å²) in [5, 5.41) is 0.755. The van der Waals surface area contributed by atoms with Gasteiger partial charge in [-0.25, -0.2) is 0 Å². The minimum atomic E-state index is -0.329. The molecule has 180 valence electrons. The molecule has 3 aromatic carbocycles. The standard InChI is InChI=1S/C26H20BrCl2NO4S/c1-15-3-5-16(6-4-15)13-30-25(31)24(35-26(30)32)10-18-9-22(33-2)23(12-20(18)27)34-14-17-7-8-19(28)11-21(17)29/h3-12H,13-14H2,1-2H3/b24-10-. The molecular weight excluding hydrogens is 573 g/mol. The van der Waals surface area contributed by atoms with Gasteiger partial charge in [-0.3, -0.25) is 14.5 Å². The van der Waals surface area contributed by atoms with E-state index in [0.29, 0.717) is 36.5 Å². The minimum Gasteiger partial charge on any atom is -0.493 e. The van der Waals surface area contributed by atoms with Crippen LogP contribution >= 0.6 is 50.9 Å². The highest BCUT2D eigenvalue weighted by Gasteiger charge is 2.35. The smallest absolute Gasteiger partial charge is 0.293 e. The van der Waals surface area contributed by atoms with Crippen molar-refractivity contribution in [3.05, 3.63) is 96.3 Å². The lowest BCUT2D eigenvalue weighted by Gasteiger charge is -2.14. The van der Waals surface area contributed by atoms with Gasteiger partial charge in [-0.15, -0.1) is 0 Å². The number of ether oxygens (including phenoxy) is 2. The number of carbonyl (C=O) groups is 2. The topological polar surface area (TPSA) is 55.8 Å². The first-order valence-electron chi connectivity index (χ1n) is 10.5. The molecule has 0 aromatic heterocycles. The molecule has 1 fully saturated rings. The van der Waals surface area contributed by atoms with Crippen LogP contribution in [-0.4, -0.2) is 23.2 Å². The highest BCUT2D eigenvalue weighted by atomic mass is 79.9. The molecule has 0 bridgehead atoms. The van der Waals surface area contributed by atoms with Gasteiger partial charge in [0.15, 0.2) is 11.5 Å². The van der Waals surface area contributed by atoms with E-state index < -0.39 is 0 Å². The van der Waals surface area contributed by atoms with E-state index in [4.69, 9.17) is 32.7 Å². The normalized spacial score (nSPS) is 14.7. The monoisotopic (exact) mass is 591 g/mol. The van der Waals surface area contributed by atoms with E-state index in [1.165, 1.54) is 12.0 Å². The Balaban J connectivity index is 1.53. The van der Waals surface area contributed by atoms with Gasteiger partial charge in [0, 0.05) is 20.1 Å². The second-order valence-corrected chi connectivity index (χ2v) is 10.5. The van der Waals surface area contributed by atoms with Gasteiger partial charge in [0.1, 0.15) is 6.61 Å². The summed E-state index contributed by atoms with van der Waals surface area (Å²) in [7, 11) is 1.53. The van der Waals surface area contributed by atoms with Crippen molar-refractivity contribution < 1.29 is 19.1 Å². The Labute approximate surface area is 226 Å². The van der Waals surface area contributed by atoms with Crippen LogP contribution in [0.5, 0.6) is 11.5 Å². The third-order valence-electron chi connectivity index (χ3n) is 5.30. The summed E-state index contributed by atoms with van der Waals surface area (Å²) in [5.74, 6) is 0.641. The lowest BCUT2D eigenvalue weighted by molar-refractivity contribution is -0.123. The Kier molecular flexibility index (Phi) is 8.12. The molecule has 9 heteroatoms. The van der Waals surface area contributed by atoms with Gasteiger partial charge in [0.05, 0.1) is 18.6 Å². The summed E-state index contributed by atoms with van der Waals surface area (Å²) in [6.45, 7) is 2.44. The van der Waals surface area contributed by atoms with Gasteiger partial charge >= 0.3 is 0 Å². The summed E-state index contributed by atoms with van der Waals surface area (Å²) < 4.78 is 12.1. The zero-order valence-corrected chi connectivity index (χ0v) is 22.7. The summed E-state index contributed by atoms with van der Waals surface area (Å²) in [4.78, 5) is 27.1.